The van der Waals surface area contributed by atoms with Crippen LogP contribution in [0.1, 0.15) is 31.2 Å². The number of phenolic OH excluding ortho intramolecular Hbond substituents is 1. The fourth-order valence-corrected chi connectivity index (χ4v) is 4.87. The number of rotatable bonds is 6. The van der Waals surface area contributed by atoms with Crippen molar-refractivity contribution in [3.8, 4) is 11.5 Å². The number of aromatic hydroxyl groups is 1. The third-order valence-corrected chi connectivity index (χ3v) is 6.16. The summed E-state index contributed by atoms with van der Waals surface area (Å²) < 4.78 is 5.85. The molecule has 0 bridgehead atoms. The molecule has 1 aliphatic heterocycles. The molecule has 1 aliphatic carbocycles. The van der Waals surface area contributed by atoms with Gasteiger partial charge in [0.15, 0.2) is 0 Å². The number of benzene rings is 2. The monoisotopic (exact) mass is 351 g/mol. The van der Waals surface area contributed by atoms with Crippen molar-refractivity contribution in [3.63, 3.8) is 0 Å². The topological polar surface area (TPSA) is 32.7 Å². The molecule has 3 atom stereocenters. The Bertz CT molecular complexity index is 685. The molecule has 4 rings (SSSR count). The van der Waals surface area contributed by atoms with Crippen LogP contribution in [-0.4, -0.2) is 35.7 Å². The molecule has 1 saturated carbocycles. The van der Waals surface area contributed by atoms with Gasteiger partial charge in [0.25, 0.3) is 0 Å². The minimum atomic E-state index is 0.284. The van der Waals surface area contributed by atoms with Gasteiger partial charge in [-0.15, -0.1) is 0 Å². The number of hydrogen-bond acceptors (Lipinski definition) is 3. The second-order valence-corrected chi connectivity index (χ2v) is 7.86. The summed E-state index contributed by atoms with van der Waals surface area (Å²) in [6.45, 7) is 2.94. The minimum absolute atomic E-state index is 0.284. The van der Waals surface area contributed by atoms with Crippen LogP contribution in [-0.2, 0) is 6.42 Å². The lowest BCUT2D eigenvalue weighted by atomic mass is 9.76. The first-order valence-electron chi connectivity index (χ1n) is 9.98. The summed E-state index contributed by atoms with van der Waals surface area (Å²) in [4.78, 5) is 2.64. The summed E-state index contributed by atoms with van der Waals surface area (Å²) in [5.41, 5.74) is 1.49. The molecule has 2 fully saturated rings. The molecule has 2 aromatic rings. The molecule has 3 nitrogen and oxygen atoms in total. The quantitative estimate of drug-likeness (QED) is 0.831. The molecule has 3 heteroatoms. The number of likely N-dealkylation sites (tertiary alicyclic amines) is 1. The van der Waals surface area contributed by atoms with Gasteiger partial charge in [0.05, 0.1) is 0 Å². The highest BCUT2D eigenvalue weighted by molar-refractivity contribution is 5.30. The van der Waals surface area contributed by atoms with Crippen molar-refractivity contribution in [2.75, 3.05) is 19.7 Å². The van der Waals surface area contributed by atoms with Crippen molar-refractivity contribution < 1.29 is 9.84 Å². The van der Waals surface area contributed by atoms with Crippen LogP contribution >= 0.6 is 0 Å². The Balaban J connectivity index is 1.24. The van der Waals surface area contributed by atoms with Crippen LogP contribution in [0.4, 0.5) is 0 Å². The van der Waals surface area contributed by atoms with Gasteiger partial charge in [0.1, 0.15) is 18.1 Å². The Labute approximate surface area is 156 Å². The van der Waals surface area contributed by atoms with Crippen molar-refractivity contribution in [1.29, 1.82) is 0 Å². The molecule has 26 heavy (non-hydrogen) atoms. The summed E-state index contributed by atoms with van der Waals surface area (Å²) in [6, 6.07) is 18.7. The Morgan fingerprint density at radius 2 is 1.77 bits per heavy atom. The van der Waals surface area contributed by atoms with Crippen LogP contribution in [0, 0.1) is 11.8 Å². The third kappa shape index (κ3) is 4.21. The molecular formula is C23H29NO2. The predicted octanol–water partition coefficient (Wildman–Crippen LogP) is 4.50. The minimum Gasteiger partial charge on any atom is -0.508 e. The average Bonchev–Trinajstić information content (AvgIpc) is 3.07. The van der Waals surface area contributed by atoms with Gasteiger partial charge >= 0.3 is 0 Å². The van der Waals surface area contributed by atoms with Crippen LogP contribution in [0.15, 0.2) is 54.6 Å². The predicted molar refractivity (Wildman–Crippen MR) is 105 cm³/mol. The molecular weight excluding hydrogens is 322 g/mol. The Morgan fingerprint density at radius 1 is 0.962 bits per heavy atom. The number of fused-ring (bicyclic) bond motifs is 1. The van der Waals surface area contributed by atoms with E-state index in [2.05, 4.69) is 35.2 Å². The van der Waals surface area contributed by atoms with Gasteiger partial charge in [0.2, 0.25) is 0 Å². The van der Waals surface area contributed by atoms with E-state index >= 15 is 0 Å². The van der Waals surface area contributed by atoms with E-state index < -0.39 is 0 Å². The zero-order valence-corrected chi connectivity index (χ0v) is 15.4. The third-order valence-electron chi connectivity index (χ3n) is 6.16. The van der Waals surface area contributed by atoms with Crippen LogP contribution in [0.25, 0.3) is 0 Å². The zero-order valence-electron chi connectivity index (χ0n) is 15.4. The Hall–Kier alpha value is -2.00. The van der Waals surface area contributed by atoms with E-state index in [-0.39, 0.29) is 5.75 Å². The molecule has 1 heterocycles. The molecule has 138 valence electrons. The molecule has 2 aliphatic rings. The highest BCUT2D eigenvalue weighted by Crippen LogP contribution is 2.40. The molecule has 0 spiro atoms. The van der Waals surface area contributed by atoms with Gasteiger partial charge < -0.3 is 9.84 Å². The zero-order chi connectivity index (χ0) is 17.8. The number of ether oxygens (including phenoxy) is 1. The van der Waals surface area contributed by atoms with Gasteiger partial charge in [-0.05, 0) is 80.3 Å². The molecule has 0 amide bonds. The lowest BCUT2D eigenvalue weighted by Crippen LogP contribution is -2.39. The summed E-state index contributed by atoms with van der Waals surface area (Å²) in [7, 11) is 0. The second-order valence-electron chi connectivity index (χ2n) is 7.86. The van der Waals surface area contributed by atoms with E-state index in [0.29, 0.717) is 0 Å². The fourth-order valence-electron chi connectivity index (χ4n) is 4.87. The highest BCUT2D eigenvalue weighted by Gasteiger charge is 2.38. The maximum atomic E-state index is 9.33. The number of hydrogen-bond donors (Lipinski definition) is 1. The largest absolute Gasteiger partial charge is 0.508 e. The molecule has 0 radical (unpaired) electrons. The first-order chi connectivity index (χ1) is 12.8. The van der Waals surface area contributed by atoms with E-state index in [4.69, 9.17) is 4.74 Å². The van der Waals surface area contributed by atoms with Crippen molar-refractivity contribution in [2.45, 2.75) is 38.1 Å². The summed E-state index contributed by atoms with van der Waals surface area (Å²) in [5.74, 6) is 2.84. The Morgan fingerprint density at radius 3 is 2.58 bits per heavy atom. The SMILES string of the molecule is Oc1ccc(OCCN2CC[C@H]3C[C@H](Cc4ccccc4)CC[C@H]32)cc1. The first kappa shape index (κ1) is 17.4. The van der Waals surface area contributed by atoms with Crippen LogP contribution in [0.5, 0.6) is 11.5 Å². The first-order valence-corrected chi connectivity index (χ1v) is 9.98. The van der Waals surface area contributed by atoms with Gasteiger partial charge in [-0.1, -0.05) is 30.3 Å². The van der Waals surface area contributed by atoms with Gasteiger partial charge in [-0.3, -0.25) is 4.90 Å². The molecule has 0 aromatic heterocycles. The van der Waals surface area contributed by atoms with E-state index in [1.807, 2.05) is 12.1 Å². The van der Waals surface area contributed by atoms with E-state index in [0.717, 1.165) is 36.8 Å². The van der Waals surface area contributed by atoms with Crippen LogP contribution in [0.3, 0.4) is 0 Å². The van der Waals surface area contributed by atoms with Gasteiger partial charge in [-0.25, -0.2) is 0 Å². The lowest BCUT2D eigenvalue weighted by Gasteiger charge is -2.36. The fraction of sp³-hybridized carbons (Fsp3) is 0.478. The highest BCUT2D eigenvalue weighted by atomic mass is 16.5. The van der Waals surface area contributed by atoms with Crippen molar-refractivity contribution in [1.82, 2.24) is 4.90 Å². The van der Waals surface area contributed by atoms with Crippen LogP contribution < -0.4 is 4.74 Å². The van der Waals surface area contributed by atoms with E-state index in [1.165, 1.54) is 44.2 Å². The number of nitrogens with zero attached hydrogens (tertiary/aromatic N) is 1. The summed E-state index contributed by atoms with van der Waals surface area (Å²) in [6.07, 6.45) is 6.66. The Kier molecular flexibility index (Phi) is 5.45. The van der Waals surface area contributed by atoms with E-state index in [1.54, 1.807) is 12.1 Å². The molecule has 0 unspecified atom stereocenters. The summed E-state index contributed by atoms with van der Waals surface area (Å²) >= 11 is 0. The second kappa shape index (κ2) is 8.13. The smallest absolute Gasteiger partial charge is 0.119 e. The van der Waals surface area contributed by atoms with Gasteiger partial charge in [0, 0.05) is 12.6 Å². The average molecular weight is 351 g/mol. The van der Waals surface area contributed by atoms with Crippen molar-refractivity contribution in [3.05, 3.63) is 60.2 Å². The van der Waals surface area contributed by atoms with Gasteiger partial charge in [-0.2, -0.15) is 0 Å². The molecule has 2 aromatic carbocycles. The lowest BCUT2D eigenvalue weighted by molar-refractivity contribution is 0.133. The molecule has 1 N–H and O–H groups in total. The molecule has 1 saturated heterocycles. The maximum absolute atomic E-state index is 9.33. The number of phenols is 1. The van der Waals surface area contributed by atoms with E-state index in [9.17, 15) is 5.11 Å². The van der Waals surface area contributed by atoms with Crippen LogP contribution in [0.2, 0.25) is 0 Å². The maximum Gasteiger partial charge on any atom is 0.119 e. The summed E-state index contributed by atoms with van der Waals surface area (Å²) in [5, 5.41) is 9.33. The standard InChI is InChI=1S/C23H29NO2/c25-21-7-9-22(10-8-21)26-15-14-24-13-12-20-17-19(6-11-23(20)24)16-18-4-2-1-3-5-18/h1-5,7-10,19-20,23,25H,6,11-17H2/t19-,20-,23+/m0/s1. The normalized spacial score (nSPS) is 25.8. The van der Waals surface area contributed by atoms with Crippen molar-refractivity contribution >= 4 is 0 Å². The van der Waals surface area contributed by atoms with Crippen molar-refractivity contribution in [2.24, 2.45) is 11.8 Å².